The lowest BCUT2D eigenvalue weighted by Crippen LogP contribution is -2.47. The molecule has 1 aromatic heterocycles. The monoisotopic (exact) mass is 353 g/mol. The number of rotatable bonds is 6. The third kappa shape index (κ3) is 4.32. The molecule has 0 unspecified atom stereocenters. The van der Waals surface area contributed by atoms with Gasteiger partial charge in [-0.25, -0.2) is 4.98 Å². The highest BCUT2D eigenvalue weighted by Gasteiger charge is 2.21. The van der Waals surface area contributed by atoms with Crippen LogP contribution in [0.1, 0.15) is 11.1 Å². The average Bonchev–Trinajstić information content (AvgIpc) is 2.67. The molecule has 2 aromatic rings. The highest BCUT2D eigenvalue weighted by atomic mass is 16.1. The molecule has 6 nitrogen and oxygen atoms in total. The molecule has 0 atom stereocenters. The molecular formula is C20H27N5O. The molecule has 0 radical (unpaired) electrons. The lowest BCUT2D eigenvalue weighted by Gasteiger charge is -2.38. The van der Waals surface area contributed by atoms with Crippen molar-refractivity contribution in [2.45, 2.75) is 13.5 Å². The van der Waals surface area contributed by atoms with Gasteiger partial charge < -0.3 is 20.4 Å². The summed E-state index contributed by atoms with van der Waals surface area (Å²) in [4.78, 5) is 21.1. The lowest BCUT2D eigenvalue weighted by atomic mass is 10.1. The van der Waals surface area contributed by atoms with E-state index in [-0.39, 0.29) is 5.91 Å². The zero-order valence-electron chi connectivity index (χ0n) is 15.5. The van der Waals surface area contributed by atoms with Crippen LogP contribution < -0.4 is 20.4 Å². The Bertz CT molecular complexity index is 740. The predicted octanol–water partition coefficient (Wildman–Crippen LogP) is 1.55. The van der Waals surface area contributed by atoms with E-state index in [1.165, 1.54) is 11.3 Å². The number of amides is 1. The maximum absolute atomic E-state index is 11.7. The molecular weight excluding hydrogens is 326 g/mol. The number of hydrogen-bond donors (Lipinski definition) is 2. The van der Waals surface area contributed by atoms with E-state index >= 15 is 0 Å². The molecule has 1 amide bonds. The van der Waals surface area contributed by atoms with Crippen LogP contribution in [0.15, 0.2) is 42.6 Å². The second-order valence-electron chi connectivity index (χ2n) is 6.55. The Morgan fingerprint density at radius 2 is 1.81 bits per heavy atom. The van der Waals surface area contributed by atoms with Gasteiger partial charge in [0.25, 0.3) is 0 Å². The van der Waals surface area contributed by atoms with Crippen molar-refractivity contribution in [1.82, 2.24) is 15.6 Å². The molecule has 0 aliphatic carbocycles. The summed E-state index contributed by atoms with van der Waals surface area (Å²) in [5.74, 6) is 0.966. The summed E-state index contributed by atoms with van der Waals surface area (Å²) in [6.45, 7) is 6.75. The first-order valence-electron chi connectivity index (χ1n) is 9.09. The number of benzene rings is 1. The van der Waals surface area contributed by atoms with Gasteiger partial charge in [0.1, 0.15) is 5.82 Å². The zero-order valence-corrected chi connectivity index (χ0v) is 15.5. The largest absolute Gasteiger partial charge is 0.368 e. The molecule has 6 heteroatoms. The minimum Gasteiger partial charge on any atom is -0.368 e. The number of likely N-dealkylation sites (N-methyl/N-ethyl adjacent to an activating group) is 1. The van der Waals surface area contributed by atoms with Crippen molar-refractivity contribution < 1.29 is 4.79 Å². The summed E-state index contributed by atoms with van der Waals surface area (Å²) in [6, 6.07) is 12.5. The SMILES string of the molecule is CNCC(=O)NCc1cccnc1N1CCN(c2ccccc2C)CC1. The van der Waals surface area contributed by atoms with Crippen molar-refractivity contribution in [3.05, 3.63) is 53.7 Å². The fraction of sp³-hybridized carbons (Fsp3) is 0.400. The molecule has 1 saturated heterocycles. The van der Waals surface area contributed by atoms with Crippen molar-refractivity contribution >= 4 is 17.4 Å². The molecule has 26 heavy (non-hydrogen) atoms. The third-order valence-corrected chi connectivity index (χ3v) is 4.72. The van der Waals surface area contributed by atoms with Crippen LogP contribution in [0.3, 0.4) is 0 Å². The van der Waals surface area contributed by atoms with E-state index in [9.17, 15) is 4.79 Å². The summed E-state index contributed by atoms with van der Waals surface area (Å²) < 4.78 is 0. The summed E-state index contributed by atoms with van der Waals surface area (Å²) in [5.41, 5.74) is 3.68. The van der Waals surface area contributed by atoms with Gasteiger partial charge in [-0.1, -0.05) is 24.3 Å². The molecule has 1 aromatic carbocycles. The Labute approximate surface area is 155 Å². The van der Waals surface area contributed by atoms with E-state index in [1.807, 2.05) is 18.3 Å². The lowest BCUT2D eigenvalue weighted by molar-refractivity contribution is -0.120. The van der Waals surface area contributed by atoms with Crippen LogP contribution in [0.2, 0.25) is 0 Å². The first kappa shape index (κ1) is 18.2. The van der Waals surface area contributed by atoms with Crippen LogP contribution in [0.5, 0.6) is 0 Å². The van der Waals surface area contributed by atoms with Gasteiger partial charge in [0.2, 0.25) is 5.91 Å². The number of carbonyl (C=O) groups is 1. The molecule has 0 saturated carbocycles. The number of anilines is 2. The number of hydrogen-bond acceptors (Lipinski definition) is 5. The molecule has 3 rings (SSSR count). The van der Waals surface area contributed by atoms with Crippen LogP contribution in [0.4, 0.5) is 11.5 Å². The van der Waals surface area contributed by atoms with Gasteiger partial charge in [0, 0.05) is 50.2 Å². The fourth-order valence-corrected chi connectivity index (χ4v) is 3.35. The number of para-hydroxylation sites is 1. The van der Waals surface area contributed by atoms with E-state index in [1.54, 1.807) is 7.05 Å². The minimum atomic E-state index is -0.00771. The Hall–Kier alpha value is -2.60. The van der Waals surface area contributed by atoms with E-state index in [0.717, 1.165) is 37.6 Å². The third-order valence-electron chi connectivity index (χ3n) is 4.72. The summed E-state index contributed by atoms with van der Waals surface area (Å²) in [6.07, 6.45) is 1.82. The van der Waals surface area contributed by atoms with Crippen LogP contribution in [-0.4, -0.2) is 50.7 Å². The Morgan fingerprint density at radius 1 is 1.08 bits per heavy atom. The smallest absolute Gasteiger partial charge is 0.234 e. The number of aromatic nitrogens is 1. The molecule has 2 heterocycles. The highest BCUT2D eigenvalue weighted by molar-refractivity contribution is 5.78. The topological polar surface area (TPSA) is 60.5 Å². The Balaban J connectivity index is 1.64. The van der Waals surface area contributed by atoms with Gasteiger partial charge in [0.05, 0.1) is 6.54 Å². The maximum Gasteiger partial charge on any atom is 0.234 e. The summed E-state index contributed by atoms with van der Waals surface area (Å²) >= 11 is 0. The predicted molar refractivity (Wildman–Crippen MR) is 106 cm³/mol. The van der Waals surface area contributed by atoms with Crippen molar-refractivity contribution in [2.24, 2.45) is 0 Å². The van der Waals surface area contributed by atoms with Gasteiger partial charge in [-0.05, 0) is 31.7 Å². The second kappa shape index (κ2) is 8.67. The van der Waals surface area contributed by atoms with Crippen LogP contribution in [0.25, 0.3) is 0 Å². The number of aryl methyl sites for hydroxylation is 1. The van der Waals surface area contributed by atoms with Crippen molar-refractivity contribution in [3.8, 4) is 0 Å². The van der Waals surface area contributed by atoms with Crippen LogP contribution >= 0.6 is 0 Å². The van der Waals surface area contributed by atoms with Gasteiger partial charge in [0.15, 0.2) is 0 Å². The molecule has 1 aliphatic heterocycles. The average molecular weight is 353 g/mol. The van der Waals surface area contributed by atoms with Gasteiger partial charge in [-0.2, -0.15) is 0 Å². The first-order valence-corrected chi connectivity index (χ1v) is 9.09. The molecule has 1 aliphatic rings. The van der Waals surface area contributed by atoms with Gasteiger partial charge >= 0.3 is 0 Å². The van der Waals surface area contributed by atoms with E-state index < -0.39 is 0 Å². The number of nitrogens with zero attached hydrogens (tertiary/aromatic N) is 3. The quantitative estimate of drug-likeness (QED) is 0.825. The standard InChI is InChI=1S/C20H27N5O/c1-16-6-3-4-8-18(16)24-10-12-25(13-11-24)20-17(7-5-9-22-20)14-23-19(26)15-21-2/h3-9,21H,10-15H2,1-2H3,(H,23,26). The first-order chi connectivity index (χ1) is 12.7. The number of pyridine rings is 1. The molecule has 0 spiro atoms. The number of piperazine rings is 1. The normalized spacial score (nSPS) is 14.4. The summed E-state index contributed by atoms with van der Waals surface area (Å²) in [7, 11) is 1.77. The maximum atomic E-state index is 11.7. The van der Waals surface area contributed by atoms with Crippen LogP contribution in [0, 0.1) is 6.92 Å². The van der Waals surface area contributed by atoms with E-state index in [4.69, 9.17) is 0 Å². The highest BCUT2D eigenvalue weighted by Crippen LogP contribution is 2.24. The van der Waals surface area contributed by atoms with Crippen molar-refractivity contribution in [2.75, 3.05) is 49.6 Å². The molecule has 138 valence electrons. The van der Waals surface area contributed by atoms with Gasteiger partial charge in [-0.3, -0.25) is 4.79 Å². The molecule has 2 N–H and O–H groups in total. The second-order valence-corrected chi connectivity index (χ2v) is 6.55. The number of carbonyl (C=O) groups excluding carboxylic acids is 1. The van der Waals surface area contributed by atoms with E-state index in [2.05, 4.69) is 56.6 Å². The zero-order chi connectivity index (χ0) is 18.4. The van der Waals surface area contributed by atoms with Crippen LogP contribution in [-0.2, 0) is 11.3 Å². The molecule has 1 fully saturated rings. The van der Waals surface area contributed by atoms with Crippen molar-refractivity contribution in [1.29, 1.82) is 0 Å². The fourth-order valence-electron chi connectivity index (χ4n) is 3.35. The Kier molecular flexibility index (Phi) is 6.07. The minimum absolute atomic E-state index is 0.00771. The Morgan fingerprint density at radius 3 is 2.54 bits per heavy atom. The van der Waals surface area contributed by atoms with E-state index in [0.29, 0.717) is 13.1 Å². The van der Waals surface area contributed by atoms with Gasteiger partial charge in [-0.15, -0.1) is 0 Å². The van der Waals surface area contributed by atoms with Crippen molar-refractivity contribution in [3.63, 3.8) is 0 Å². The number of nitrogens with one attached hydrogen (secondary N) is 2. The summed E-state index contributed by atoms with van der Waals surface area (Å²) in [5, 5.41) is 5.81. The molecule has 0 bridgehead atoms.